The Bertz CT molecular complexity index is 409. The molecule has 0 atom stereocenters. The summed E-state index contributed by atoms with van der Waals surface area (Å²) in [5, 5.41) is 0. The molecule has 2 nitrogen and oxygen atoms in total. The lowest BCUT2D eigenvalue weighted by Gasteiger charge is -2.28. The van der Waals surface area contributed by atoms with Crippen molar-refractivity contribution in [2.45, 2.75) is 45.1 Å². The standard InChI is InChI=1S/C15H19FO2/c1-2-11-3-6-13(7-4-11)18-15-8-5-12(10-17)9-14(15)16/h5,8-11,13H,2-4,6-7H2,1H3. The predicted octanol–water partition coefficient (Wildman–Crippen LogP) is 3.99. The van der Waals surface area contributed by atoms with Crippen LogP contribution in [0.1, 0.15) is 49.4 Å². The molecule has 0 aliphatic heterocycles. The van der Waals surface area contributed by atoms with Crippen LogP contribution in [0.15, 0.2) is 18.2 Å². The monoisotopic (exact) mass is 250 g/mol. The van der Waals surface area contributed by atoms with E-state index in [1.807, 2.05) is 0 Å². The number of carbonyl (C=O) groups excluding carboxylic acids is 1. The van der Waals surface area contributed by atoms with Gasteiger partial charge in [-0.15, -0.1) is 0 Å². The van der Waals surface area contributed by atoms with Gasteiger partial charge in [-0.05, 0) is 49.8 Å². The van der Waals surface area contributed by atoms with Crippen LogP contribution in [-0.2, 0) is 0 Å². The smallest absolute Gasteiger partial charge is 0.165 e. The first-order chi connectivity index (χ1) is 8.72. The zero-order chi connectivity index (χ0) is 13.0. The van der Waals surface area contributed by atoms with Gasteiger partial charge in [-0.1, -0.05) is 13.3 Å². The molecule has 0 saturated heterocycles. The van der Waals surface area contributed by atoms with Gasteiger partial charge in [-0.3, -0.25) is 4.79 Å². The maximum absolute atomic E-state index is 13.7. The molecule has 1 fully saturated rings. The third kappa shape index (κ3) is 3.09. The molecular formula is C15H19FO2. The molecular weight excluding hydrogens is 231 g/mol. The summed E-state index contributed by atoms with van der Waals surface area (Å²) < 4.78 is 19.3. The van der Waals surface area contributed by atoms with Crippen LogP contribution < -0.4 is 4.74 Å². The topological polar surface area (TPSA) is 26.3 Å². The Morgan fingerprint density at radius 3 is 2.61 bits per heavy atom. The zero-order valence-electron chi connectivity index (χ0n) is 10.7. The summed E-state index contributed by atoms with van der Waals surface area (Å²) in [5.41, 5.74) is 0.342. The molecule has 0 N–H and O–H groups in total. The molecule has 0 unspecified atom stereocenters. The molecule has 1 aromatic carbocycles. The number of rotatable bonds is 4. The first-order valence-corrected chi connectivity index (χ1v) is 6.64. The minimum atomic E-state index is -0.447. The Morgan fingerprint density at radius 1 is 1.33 bits per heavy atom. The molecule has 18 heavy (non-hydrogen) atoms. The molecule has 1 aromatic rings. The minimum absolute atomic E-state index is 0.115. The van der Waals surface area contributed by atoms with E-state index in [0.29, 0.717) is 11.8 Å². The van der Waals surface area contributed by atoms with E-state index in [1.165, 1.54) is 12.5 Å². The van der Waals surface area contributed by atoms with E-state index in [9.17, 15) is 9.18 Å². The Labute approximate surface area is 107 Å². The number of benzene rings is 1. The average Bonchev–Trinajstić information content (AvgIpc) is 2.42. The van der Waals surface area contributed by atoms with Crippen molar-refractivity contribution in [3.8, 4) is 5.75 Å². The first-order valence-electron chi connectivity index (χ1n) is 6.64. The van der Waals surface area contributed by atoms with Crippen LogP contribution >= 0.6 is 0 Å². The molecule has 0 heterocycles. The fraction of sp³-hybridized carbons (Fsp3) is 0.533. The predicted molar refractivity (Wildman–Crippen MR) is 68.5 cm³/mol. The highest BCUT2D eigenvalue weighted by molar-refractivity contribution is 5.74. The van der Waals surface area contributed by atoms with Crippen molar-refractivity contribution >= 4 is 6.29 Å². The van der Waals surface area contributed by atoms with Crippen LogP contribution in [0.2, 0.25) is 0 Å². The fourth-order valence-corrected chi connectivity index (χ4v) is 2.52. The molecule has 0 spiro atoms. The van der Waals surface area contributed by atoms with E-state index in [1.54, 1.807) is 12.1 Å². The Kier molecular flexibility index (Phi) is 4.34. The van der Waals surface area contributed by atoms with E-state index in [4.69, 9.17) is 4.74 Å². The average molecular weight is 250 g/mol. The van der Waals surface area contributed by atoms with Gasteiger partial charge in [-0.25, -0.2) is 4.39 Å². The van der Waals surface area contributed by atoms with Crippen LogP contribution in [0.4, 0.5) is 4.39 Å². The molecule has 0 aromatic heterocycles. The molecule has 0 amide bonds. The molecule has 3 heteroatoms. The summed E-state index contributed by atoms with van der Waals surface area (Å²) in [5.74, 6) is 0.616. The lowest BCUT2D eigenvalue weighted by atomic mass is 9.86. The lowest BCUT2D eigenvalue weighted by molar-refractivity contribution is 0.112. The third-order valence-electron chi connectivity index (χ3n) is 3.76. The fourth-order valence-electron chi connectivity index (χ4n) is 2.52. The third-order valence-corrected chi connectivity index (χ3v) is 3.76. The number of aldehydes is 1. The van der Waals surface area contributed by atoms with Crippen molar-refractivity contribution in [1.82, 2.24) is 0 Å². The number of carbonyl (C=O) groups is 1. The summed E-state index contributed by atoms with van der Waals surface area (Å²) >= 11 is 0. The highest BCUT2D eigenvalue weighted by Gasteiger charge is 2.22. The van der Waals surface area contributed by atoms with Gasteiger partial charge >= 0.3 is 0 Å². The summed E-state index contributed by atoms with van der Waals surface area (Å²) in [4.78, 5) is 10.5. The SMILES string of the molecule is CCC1CCC(Oc2ccc(C=O)cc2F)CC1. The van der Waals surface area contributed by atoms with Gasteiger partial charge in [0.2, 0.25) is 0 Å². The second-order valence-corrected chi connectivity index (χ2v) is 4.98. The number of hydrogen-bond donors (Lipinski definition) is 0. The van der Waals surface area contributed by atoms with Gasteiger partial charge in [0.15, 0.2) is 11.6 Å². The maximum Gasteiger partial charge on any atom is 0.165 e. The van der Waals surface area contributed by atoms with Crippen LogP contribution in [0.25, 0.3) is 0 Å². The van der Waals surface area contributed by atoms with Crippen molar-refractivity contribution in [1.29, 1.82) is 0 Å². The van der Waals surface area contributed by atoms with E-state index >= 15 is 0 Å². The van der Waals surface area contributed by atoms with Crippen LogP contribution in [0, 0.1) is 11.7 Å². The second kappa shape index (κ2) is 5.98. The van der Waals surface area contributed by atoms with Crippen molar-refractivity contribution in [2.24, 2.45) is 5.92 Å². The van der Waals surface area contributed by atoms with Gasteiger partial charge in [0.1, 0.15) is 6.29 Å². The second-order valence-electron chi connectivity index (χ2n) is 4.98. The Morgan fingerprint density at radius 2 is 2.06 bits per heavy atom. The molecule has 1 saturated carbocycles. The maximum atomic E-state index is 13.7. The quantitative estimate of drug-likeness (QED) is 0.755. The van der Waals surface area contributed by atoms with Crippen molar-refractivity contribution in [2.75, 3.05) is 0 Å². The van der Waals surface area contributed by atoms with Crippen LogP contribution in [0.5, 0.6) is 5.75 Å². The number of ether oxygens (including phenoxy) is 1. The molecule has 1 aliphatic rings. The molecule has 0 bridgehead atoms. The zero-order valence-corrected chi connectivity index (χ0v) is 10.7. The van der Waals surface area contributed by atoms with Crippen LogP contribution in [-0.4, -0.2) is 12.4 Å². The van der Waals surface area contributed by atoms with Gasteiger partial charge in [-0.2, -0.15) is 0 Å². The minimum Gasteiger partial charge on any atom is -0.487 e. The number of halogens is 1. The molecule has 1 aliphatic carbocycles. The molecule has 0 radical (unpaired) electrons. The summed E-state index contributed by atoms with van der Waals surface area (Å²) in [6, 6.07) is 4.36. The van der Waals surface area contributed by atoms with Gasteiger partial charge in [0, 0.05) is 5.56 Å². The Hall–Kier alpha value is -1.38. The lowest BCUT2D eigenvalue weighted by Crippen LogP contribution is -2.24. The Balaban J connectivity index is 1.96. The van der Waals surface area contributed by atoms with E-state index in [2.05, 4.69) is 6.92 Å². The highest BCUT2D eigenvalue weighted by Crippen LogP contribution is 2.30. The van der Waals surface area contributed by atoms with Gasteiger partial charge in [0.05, 0.1) is 6.10 Å². The van der Waals surface area contributed by atoms with Crippen molar-refractivity contribution < 1.29 is 13.9 Å². The summed E-state index contributed by atoms with van der Waals surface area (Å²) in [6.07, 6.45) is 6.28. The molecule has 98 valence electrons. The molecule has 2 rings (SSSR count). The highest BCUT2D eigenvalue weighted by atomic mass is 19.1. The van der Waals surface area contributed by atoms with E-state index < -0.39 is 5.82 Å². The normalized spacial score (nSPS) is 23.7. The summed E-state index contributed by atoms with van der Waals surface area (Å²) in [6.45, 7) is 2.21. The van der Waals surface area contributed by atoms with Crippen LogP contribution in [0.3, 0.4) is 0 Å². The first kappa shape index (κ1) is 13.1. The van der Waals surface area contributed by atoms with Gasteiger partial charge in [0.25, 0.3) is 0 Å². The van der Waals surface area contributed by atoms with E-state index in [-0.39, 0.29) is 11.9 Å². The van der Waals surface area contributed by atoms with Gasteiger partial charge < -0.3 is 4.74 Å². The summed E-state index contributed by atoms with van der Waals surface area (Å²) in [7, 11) is 0. The van der Waals surface area contributed by atoms with E-state index in [0.717, 1.165) is 31.6 Å². The van der Waals surface area contributed by atoms with Crippen molar-refractivity contribution in [3.63, 3.8) is 0 Å². The van der Waals surface area contributed by atoms with Crippen molar-refractivity contribution in [3.05, 3.63) is 29.6 Å². The largest absolute Gasteiger partial charge is 0.487 e. The number of hydrogen-bond acceptors (Lipinski definition) is 2.